The van der Waals surface area contributed by atoms with Crippen LogP contribution < -0.4 is 16.0 Å². The summed E-state index contributed by atoms with van der Waals surface area (Å²) in [6.07, 6.45) is 27.6. The highest BCUT2D eigenvalue weighted by atomic mass is 15.0. The van der Waals surface area contributed by atoms with E-state index >= 15 is 0 Å². The van der Waals surface area contributed by atoms with Crippen molar-refractivity contribution in [3.63, 3.8) is 0 Å². The summed E-state index contributed by atoms with van der Waals surface area (Å²) in [5, 5.41) is 12.1. The van der Waals surface area contributed by atoms with Gasteiger partial charge in [-0.25, -0.2) is 0 Å². The van der Waals surface area contributed by atoms with Crippen molar-refractivity contribution < 1.29 is 0 Å². The van der Waals surface area contributed by atoms with E-state index in [1.165, 1.54) is 94.8 Å². The zero-order valence-electron chi connectivity index (χ0n) is 45.1. The van der Waals surface area contributed by atoms with Gasteiger partial charge in [-0.05, 0) is 170 Å². The molecule has 73 heavy (non-hydrogen) atoms. The van der Waals surface area contributed by atoms with E-state index < -0.39 is 0 Å². The Labute approximate surface area is 438 Å². The van der Waals surface area contributed by atoms with Gasteiger partial charge in [0.15, 0.2) is 0 Å². The predicted octanol–water partition coefficient (Wildman–Crippen LogP) is 18.7. The Kier molecular flexibility index (Phi) is 21.1. The molecule has 374 valence electrons. The molecule has 0 spiro atoms. The van der Waals surface area contributed by atoms with E-state index in [4.69, 9.17) is 0 Å². The van der Waals surface area contributed by atoms with E-state index in [2.05, 4.69) is 235 Å². The van der Waals surface area contributed by atoms with Crippen LogP contribution in [0.15, 0.2) is 229 Å². The van der Waals surface area contributed by atoms with Gasteiger partial charge < -0.3 is 20.5 Å². The van der Waals surface area contributed by atoms with Crippen LogP contribution in [0.3, 0.4) is 0 Å². The number of aromatic nitrogens is 1. The molecule has 1 unspecified atom stereocenters. The van der Waals surface area contributed by atoms with Crippen molar-refractivity contribution in [2.45, 2.75) is 87.1 Å². The summed E-state index contributed by atoms with van der Waals surface area (Å²) >= 11 is 0. The number of allylic oxidation sites excluding steroid dienone is 12. The van der Waals surface area contributed by atoms with Crippen molar-refractivity contribution in [2.75, 3.05) is 19.4 Å². The molecule has 0 amide bonds. The molecule has 7 aromatic rings. The molecule has 1 aromatic heterocycles. The van der Waals surface area contributed by atoms with Gasteiger partial charge in [-0.15, -0.1) is 0 Å². The molecule has 2 aliphatic rings. The minimum Gasteiger partial charge on any atom is -0.394 e. The Bertz CT molecular complexity index is 3100. The van der Waals surface area contributed by atoms with Gasteiger partial charge in [-0.3, -0.25) is 0 Å². The first-order chi connectivity index (χ1) is 35.9. The maximum atomic E-state index is 4.05. The number of nitrogens with one attached hydrogen (secondary N) is 3. The minimum atomic E-state index is -0.100. The second-order valence-electron chi connectivity index (χ2n) is 17.6. The molecule has 9 rings (SSSR count). The highest BCUT2D eigenvalue weighted by Gasteiger charge is 2.24. The van der Waals surface area contributed by atoms with E-state index in [-0.39, 0.29) is 6.04 Å². The van der Waals surface area contributed by atoms with Crippen LogP contribution in [0.5, 0.6) is 0 Å². The lowest BCUT2D eigenvalue weighted by Crippen LogP contribution is -2.14. The van der Waals surface area contributed by atoms with Crippen molar-refractivity contribution >= 4 is 33.8 Å². The third-order valence-electron chi connectivity index (χ3n) is 13.2. The molecule has 1 atom stereocenters. The Balaban J connectivity index is 0.000000476. The number of hydrogen-bond acceptors (Lipinski definition) is 3. The first-order valence-corrected chi connectivity index (χ1v) is 26.5. The molecule has 6 aromatic carbocycles. The first-order valence-electron chi connectivity index (χ1n) is 26.5. The van der Waals surface area contributed by atoms with Crippen molar-refractivity contribution in [1.82, 2.24) is 15.2 Å². The topological polar surface area (TPSA) is 41.0 Å². The smallest absolute Gasteiger partial charge is 0.0720 e. The van der Waals surface area contributed by atoms with Gasteiger partial charge >= 0.3 is 0 Å². The van der Waals surface area contributed by atoms with Gasteiger partial charge in [0.2, 0.25) is 0 Å². The summed E-state index contributed by atoms with van der Waals surface area (Å²) in [7, 11) is 4.00. The van der Waals surface area contributed by atoms with Crippen LogP contribution >= 0.6 is 0 Å². The van der Waals surface area contributed by atoms with Crippen LogP contribution in [0.25, 0.3) is 56.1 Å². The summed E-state index contributed by atoms with van der Waals surface area (Å²) in [6, 6.07) is 54.9. The molecule has 0 fully saturated rings. The van der Waals surface area contributed by atoms with Crippen molar-refractivity contribution in [3.05, 3.63) is 257 Å². The monoisotopic (exact) mass is 963 g/mol. The maximum absolute atomic E-state index is 4.05. The highest BCUT2D eigenvalue weighted by Crippen LogP contribution is 2.42. The molecule has 0 saturated carbocycles. The number of hydrogen-bond donors (Lipinski definition) is 3. The molecule has 0 aliphatic heterocycles. The number of likely N-dealkylation sites (N-methyl/N-ethyl adjacent to an activating group) is 1. The number of para-hydroxylation sites is 2. The van der Waals surface area contributed by atoms with E-state index in [0.29, 0.717) is 0 Å². The molecule has 0 saturated heterocycles. The number of fused-ring (bicyclic) bond motifs is 3. The minimum absolute atomic E-state index is 0.100. The number of anilines is 1. The second-order valence-corrected chi connectivity index (χ2v) is 17.6. The highest BCUT2D eigenvalue weighted by molar-refractivity contribution is 5.99. The largest absolute Gasteiger partial charge is 0.394 e. The van der Waals surface area contributed by atoms with Gasteiger partial charge in [0.1, 0.15) is 0 Å². The summed E-state index contributed by atoms with van der Waals surface area (Å²) in [6.45, 7) is 16.3. The Hall–Kier alpha value is -7.82. The van der Waals surface area contributed by atoms with Crippen LogP contribution in [-0.2, 0) is 6.42 Å². The van der Waals surface area contributed by atoms with Crippen molar-refractivity contribution in [1.29, 1.82) is 0 Å². The van der Waals surface area contributed by atoms with Gasteiger partial charge in [0.25, 0.3) is 0 Å². The SMILES string of the molecule is CC.CC.CN/C=C\C(Nc1ccc(C2=Cc3c(n(-c4ccccc4)c4ccccc34)CC2)cc1C1=C(NC)C=CCC1)c1ccccc1-c1cccc(-c2ccccc2)c1.C\C=C/C=C(C)/C(C)=C/C=C\C. The zero-order valence-corrected chi connectivity index (χ0v) is 45.1. The molecule has 0 radical (unpaired) electrons. The van der Waals surface area contributed by atoms with Crippen LogP contribution in [0.1, 0.15) is 109 Å². The van der Waals surface area contributed by atoms with Crippen molar-refractivity contribution in [2.24, 2.45) is 0 Å². The second kappa shape index (κ2) is 28.3. The lowest BCUT2D eigenvalue weighted by Gasteiger charge is -2.26. The van der Waals surface area contributed by atoms with E-state index in [1.807, 2.05) is 74.0 Å². The molecule has 1 heterocycles. The van der Waals surface area contributed by atoms with Crippen LogP contribution in [0, 0.1) is 0 Å². The molecule has 4 heteroatoms. The standard InChI is InChI=1S/C53H48N4.C12H18.2C2H6/c1-54-33-32-51(44-23-10-9-22-43(44)41-19-15-18-38(34-41)37-16-5-3-6-17-37)56-50-30-28-39(35-47(50)45-24-11-13-26-49(45)55-2)40-29-31-53-48(36-40)46-25-12-14-27-52(46)57(53)42-20-7-4-8-21-42;1-5-7-9-11(3)12(4)10-8-6-2;2*1-2/h3-10,12-23,25-28,30,32-36,51,54-56H,11,24,29,31H2,1-2H3;5-10H,1-4H3;2*1-2H3/b33-32-;7-5-,8-6-,11-9+,12-10+;;. The van der Waals surface area contributed by atoms with E-state index in [1.54, 1.807) is 0 Å². The Morgan fingerprint density at radius 2 is 1.25 bits per heavy atom. The van der Waals surface area contributed by atoms with Crippen molar-refractivity contribution in [3.8, 4) is 27.9 Å². The fraction of sp³-hybridized carbons (Fsp3) is 0.217. The van der Waals surface area contributed by atoms with Crippen LogP contribution in [0.4, 0.5) is 5.69 Å². The molecule has 4 nitrogen and oxygen atoms in total. The van der Waals surface area contributed by atoms with Crippen LogP contribution in [0.2, 0.25) is 0 Å². The van der Waals surface area contributed by atoms with Gasteiger partial charge in [-0.2, -0.15) is 0 Å². The van der Waals surface area contributed by atoms with E-state index in [9.17, 15) is 0 Å². The molecule has 2 aliphatic carbocycles. The third-order valence-corrected chi connectivity index (χ3v) is 13.2. The molecular weight excluding hydrogens is 885 g/mol. The van der Waals surface area contributed by atoms with Crippen LogP contribution in [-0.4, -0.2) is 18.7 Å². The maximum Gasteiger partial charge on any atom is 0.0720 e. The predicted molar refractivity (Wildman–Crippen MR) is 322 cm³/mol. The van der Waals surface area contributed by atoms with Gasteiger partial charge in [0, 0.05) is 53.4 Å². The third kappa shape index (κ3) is 13.6. The summed E-state index contributed by atoms with van der Waals surface area (Å²) in [5.74, 6) is 0. The fourth-order valence-corrected chi connectivity index (χ4v) is 9.48. The molecule has 0 bridgehead atoms. The summed E-state index contributed by atoms with van der Waals surface area (Å²) in [4.78, 5) is 0. The Morgan fingerprint density at radius 1 is 0.603 bits per heavy atom. The number of rotatable bonds is 14. The summed E-state index contributed by atoms with van der Waals surface area (Å²) < 4.78 is 2.46. The molecular formula is C69H78N4. The Morgan fingerprint density at radius 3 is 1.95 bits per heavy atom. The zero-order chi connectivity index (χ0) is 52.0. The number of nitrogens with zero attached hydrogens (tertiary/aromatic N) is 1. The lowest BCUT2D eigenvalue weighted by molar-refractivity contribution is 0.897. The van der Waals surface area contributed by atoms with E-state index in [0.717, 1.165) is 31.4 Å². The normalized spacial score (nSPS) is 13.9. The van der Waals surface area contributed by atoms with Gasteiger partial charge in [-0.1, -0.05) is 185 Å². The number of benzene rings is 6. The van der Waals surface area contributed by atoms with Gasteiger partial charge in [0.05, 0.1) is 11.6 Å². The molecule has 3 N–H and O–H groups in total. The first kappa shape index (κ1) is 54.5. The average molecular weight is 963 g/mol. The summed E-state index contributed by atoms with van der Waals surface area (Å²) in [5.41, 5.74) is 21.4. The average Bonchev–Trinajstić information content (AvgIpc) is 3.80. The lowest BCUT2D eigenvalue weighted by atomic mass is 9.87. The fourth-order valence-electron chi connectivity index (χ4n) is 9.48. The quantitative estimate of drug-likeness (QED) is 0.0952.